The molecule has 2 heterocycles. The number of amidine groups is 1. The molecule has 1 aliphatic rings. The molecule has 0 radical (unpaired) electrons. The Morgan fingerprint density at radius 2 is 1.88 bits per heavy atom. The molecule has 0 saturated carbocycles. The SMILES string of the molecule is COc1cc(OC)cc(N2C(=N)C(c3nc4ccccc4[nH]3)C(=O)C2(C)CCNC(C)=O)c1. The number of Topliss-reactive ketones (excluding diaryl/α,β-unsaturated/α-hetero) is 1. The summed E-state index contributed by atoms with van der Waals surface area (Å²) >= 11 is 0. The summed E-state index contributed by atoms with van der Waals surface area (Å²) in [6.07, 6.45) is 0.310. The lowest BCUT2D eigenvalue weighted by atomic mass is 9.88. The number of aromatic nitrogens is 2. The molecule has 2 unspecified atom stereocenters. The van der Waals surface area contributed by atoms with Gasteiger partial charge in [-0.25, -0.2) is 4.98 Å². The molecule has 0 spiro atoms. The van der Waals surface area contributed by atoms with Crippen molar-refractivity contribution in [2.45, 2.75) is 31.7 Å². The first kappa shape index (κ1) is 22.3. The Balaban J connectivity index is 1.82. The largest absolute Gasteiger partial charge is 0.497 e. The van der Waals surface area contributed by atoms with Gasteiger partial charge in [0.2, 0.25) is 5.91 Å². The molecule has 1 fully saturated rings. The molecule has 33 heavy (non-hydrogen) atoms. The number of rotatable bonds is 7. The van der Waals surface area contributed by atoms with E-state index < -0.39 is 11.5 Å². The van der Waals surface area contributed by atoms with Gasteiger partial charge in [-0.1, -0.05) is 12.1 Å². The smallest absolute Gasteiger partial charge is 0.216 e. The fourth-order valence-electron chi connectivity index (χ4n) is 4.37. The number of anilines is 1. The van der Waals surface area contributed by atoms with Crippen LogP contribution in [0.2, 0.25) is 0 Å². The van der Waals surface area contributed by atoms with E-state index in [-0.39, 0.29) is 24.1 Å². The number of para-hydroxylation sites is 2. The molecule has 4 rings (SSSR count). The number of ketones is 1. The zero-order valence-electron chi connectivity index (χ0n) is 19.1. The summed E-state index contributed by atoms with van der Waals surface area (Å²) in [7, 11) is 3.10. The molecule has 0 aliphatic carbocycles. The van der Waals surface area contributed by atoms with Gasteiger partial charge < -0.3 is 24.7 Å². The number of hydrogen-bond acceptors (Lipinski definition) is 6. The standard InChI is InChI=1S/C24H27N5O4/c1-14(30)26-10-9-24(2)21(31)20(23-27-18-7-5-6-8-19(18)28-23)22(25)29(24)15-11-16(32-3)13-17(12-15)33-4/h5-8,11-13,20,25H,9-10H2,1-4H3,(H,26,30)(H,27,28). The summed E-state index contributed by atoms with van der Waals surface area (Å²) in [4.78, 5) is 34.8. The topological polar surface area (TPSA) is 120 Å². The average Bonchev–Trinajstić information content (AvgIpc) is 3.29. The molecule has 1 saturated heterocycles. The highest BCUT2D eigenvalue weighted by atomic mass is 16.5. The lowest BCUT2D eigenvalue weighted by Gasteiger charge is -2.35. The third-order valence-electron chi connectivity index (χ3n) is 6.06. The molecule has 9 heteroatoms. The molecular weight excluding hydrogens is 422 g/mol. The van der Waals surface area contributed by atoms with E-state index in [9.17, 15) is 9.59 Å². The van der Waals surface area contributed by atoms with E-state index in [4.69, 9.17) is 14.9 Å². The van der Waals surface area contributed by atoms with Crippen molar-refractivity contribution in [1.29, 1.82) is 5.41 Å². The minimum absolute atomic E-state index is 0.0969. The van der Waals surface area contributed by atoms with Crippen molar-refractivity contribution in [3.63, 3.8) is 0 Å². The first-order valence-electron chi connectivity index (χ1n) is 10.6. The number of H-pyrrole nitrogens is 1. The Hall–Kier alpha value is -3.88. The van der Waals surface area contributed by atoms with E-state index >= 15 is 0 Å². The van der Waals surface area contributed by atoms with E-state index in [0.717, 1.165) is 11.0 Å². The molecule has 172 valence electrons. The van der Waals surface area contributed by atoms with Crippen LogP contribution in [0.5, 0.6) is 11.5 Å². The Bertz CT molecular complexity index is 1180. The Morgan fingerprint density at radius 3 is 2.48 bits per heavy atom. The number of nitrogens with one attached hydrogen (secondary N) is 3. The van der Waals surface area contributed by atoms with Crippen LogP contribution in [-0.4, -0.2) is 53.8 Å². The quantitative estimate of drug-likeness (QED) is 0.510. The van der Waals surface area contributed by atoms with Crippen LogP contribution >= 0.6 is 0 Å². The van der Waals surface area contributed by atoms with Crippen molar-refractivity contribution < 1.29 is 19.1 Å². The van der Waals surface area contributed by atoms with Gasteiger partial charge in [-0.3, -0.25) is 15.0 Å². The van der Waals surface area contributed by atoms with Crippen molar-refractivity contribution in [3.8, 4) is 11.5 Å². The number of ether oxygens (including phenoxy) is 2. The molecule has 0 bridgehead atoms. The monoisotopic (exact) mass is 449 g/mol. The number of carbonyl (C=O) groups excluding carboxylic acids is 2. The van der Waals surface area contributed by atoms with Gasteiger partial charge in [-0.2, -0.15) is 0 Å². The summed E-state index contributed by atoms with van der Waals surface area (Å²) < 4.78 is 10.8. The summed E-state index contributed by atoms with van der Waals surface area (Å²) in [5, 5.41) is 11.8. The van der Waals surface area contributed by atoms with E-state index in [1.165, 1.54) is 6.92 Å². The second-order valence-corrected chi connectivity index (χ2v) is 8.23. The molecule has 2 atom stereocenters. The molecule has 1 aliphatic heterocycles. The summed E-state index contributed by atoms with van der Waals surface area (Å²) in [5.74, 6) is 0.383. The highest BCUT2D eigenvalue weighted by molar-refractivity contribution is 6.26. The number of methoxy groups -OCH3 is 2. The van der Waals surface area contributed by atoms with Crippen LogP contribution < -0.4 is 19.7 Å². The molecule has 2 aromatic carbocycles. The van der Waals surface area contributed by atoms with Gasteiger partial charge in [-0.15, -0.1) is 0 Å². The van der Waals surface area contributed by atoms with Crippen LogP contribution in [0.4, 0.5) is 5.69 Å². The van der Waals surface area contributed by atoms with Crippen molar-refractivity contribution >= 4 is 34.2 Å². The number of aromatic amines is 1. The number of benzene rings is 2. The predicted octanol–water partition coefficient (Wildman–Crippen LogP) is 3.02. The Kier molecular flexibility index (Phi) is 5.80. The van der Waals surface area contributed by atoms with Crippen LogP contribution in [-0.2, 0) is 9.59 Å². The highest BCUT2D eigenvalue weighted by Crippen LogP contribution is 2.43. The maximum Gasteiger partial charge on any atom is 0.216 e. The second-order valence-electron chi connectivity index (χ2n) is 8.23. The minimum Gasteiger partial charge on any atom is -0.497 e. The minimum atomic E-state index is -1.10. The lowest BCUT2D eigenvalue weighted by molar-refractivity contribution is -0.123. The normalized spacial score (nSPS) is 20.4. The van der Waals surface area contributed by atoms with Gasteiger partial charge in [0, 0.05) is 31.7 Å². The first-order chi connectivity index (χ1) is 15.8. The van der Waals surface area contributed by atoms with Crippen molar-refractivity contribution in [1.82, 2.24) is 15.3 Å². The number of nitrogens with zero attached hydrogens (tertiary/aromatic N) is 2. The predicted molar refractivity (Wildman–Crippen MR) is 125 cm³/mol. The van der Waals surface area contributed by atoms with Gasteiger partial charge >= 0.3 is 0 Å². The number of carbonyl (C=O) groups is 2. The van der Waals surface area contributed by atoms with Crippen LogP contribution in [0.3, 0.4) is 0 Å². The van der Waals surface area contributed by atoms with Crippen molar-refractivity contribution in [2.24, 2.45) is 0 Å². The number of fused-ring (bicyclic) bond motifs is 1. The van der Waals surface area contributed by atoms with E-state index in [1.54, 1.807) is 44.2 Å². The number of imidazole rings is 1. The van der Waals surface area contributed by atoms with Crippen LogP contribution in [0.1, 0.15) is 32.0 Å². The summed E-state index contributed by atoms with van der Waals surface area (Å²) in [6.45, 7) is 3.51. The fraction of sp³-hybridized carbons (Fsp3) is 0.333. The highest BCUT2D eigenvalue weighted by Gasteiger charge is 2.55. The molecule has 9 nitrogen and oxygen atoms in total. The van der Waals surface area contributed by atoms with E-state index in [0.29, 0.717) is 29.4 Å². The van der Waals surface area contributed by atoms with Gasteiger partial charge in [0.05, 0.1) is 30.9 Å². The summed E-state index contributed by atoms with van der Waals surface area (Å²) in [5.41, 5.74) is 1.03. The Labute approximate surface area is 191 Å². The third-order valence-corrected chi connectivity index (χ3v) is 6.06. The molecular formula is C24H27N5O4. The van der Waals surface area contributed by atoms with E-state index in [2.05, 4.69) is 15.3 Å². The molecule has 1 aromatic heterocycles. The zero-order chi connectivity index (χ0) is 23.8. The number of amides is 1. The summed E-state index contributed by atoms with van der Waals surface area (Å²) in [6, 6.07) is 12.8. The third kappa shape index (κ3) is 3.90. The van der Waals surface area contributed by atoms with Gasteiger partial charge in [-0.05, 0) is 25.5 Å². The van der Waals surface area contributed by atoms with E-state index in [1.807, 2.05) is 24.3 Å². The lowest BCUT2D eigenvalue weighted by Crippen LogP contribution is -2.49. The molecule has 1 amide bonds. The zero-order valence-corrected chi connectivity index (χ0v) is 19.1. The molecule has 3 N–H and O–H groups in total. The van der Waals surface area contributed by atoms with Crippen molar-refractivity contribution in [2.75, 3.05) is 25.7 Å². The van der Waals surface area contributed by atoms with Crippen molar-refractivity contribution in [3.05, 3.63) is 48.3 Å². The maximum absolute atomic E-state index is 13.9. The first-order valence-corrected chi connectivity index (χ1v) is 10.6. The average molecular weight is 450 g/mol. The number of hydrogen-bond donors (Lipinski definition) is 3. The van der Waals surface area contributed by atoms with Gasteiger partial charge in [0.15, 0.2) is 5.78 Å². The van der Waals surface area contributed by atoms with Crippen LogP contribution in [0, 0.1) is 5.41 Å². The van der Waals surface area contributed by atoms with Gasteiger partial charge in [0.1, 0.15) is 34.6 Å². The van der Waals surface area contributed by atoms with Gasteiger partial charge in [0.25, 0.3) is 0 Å². The Morgan fingerprint density at radius 1 is 1.21 bits per heavy atom. The second kappa shape index (κ2) is 8.57. The maximum atomic E-state index is 13.9. The van der Waals surface area contributed by atoms with Crippen LogP contribution in [0.15, 0.2) is 42.5 Å². The fourth-order valence-corrected chi connectivity index (χ4v) is 4.37. The van der Waals surface area contributed by atoms with Crippen LogP contribution in [0.25, 0.3) is 11.0 Å². The molecule has 3 aromatic rings.